The van der Waals surface area contributed by atoms with Crippen molar-refractivity contribution in [1.29, 1.82) is 0 Å². The Labute approximate surface area is 175 Å². The molecule has 0 spiro atoms. The number of benzene rings is 2. The van der Waals surface area contributed by atoms with Crippen molar-refractivity contribution in [3.63, 3.8) is 0 Å². The van der Waals surface area contributed by atoms with E-state index < -0.39 is 37.0 Å². The van der Waals surface area contributed by atoms with Crippen LogP contribution in [0.5, 0.6) is 0 Å². The van der Waals surface area contributed by atoms with Crippen molar-refractivity contribution in [2.75, 3.05) is 11.5 Å². The van der Waals surface area contributed by atoms with E-state index >= 15 is 0 Å². The molecule has 8 heteroatoms. The van der Waals surface area contributed by atoms with Crippen molar-refractivity contribution in [2.45, 2.75) is 52.4 Å². The zero-order chi connectivity index (χ0) is 21.2. The van der Waals surface area contributed by atoms with Gasteiger partial charge in [0, 0.05) is 18.5 Å². The van der Waals surface area contributed by atoms with Gasteiger partial charge in [0.15, 0.2) is 7.83 Å². The van der Waals surface area contributed by atoms with Crippen LogP contribution in [-0.4, -0.2) is 37.0 Å². The third kappa shape index (κ3) is 2.72. The van der Waals surface area contributed by atoms with E-state index in [0.717, 1.165) is 11.4 Å². The van der Waals surface area contributed by atoms with Crippen molar-refractivity contribution in [3.8, 4) is 0 Å². The normalized spacial score (nSPS) is 23.9. The predicted octanol–water partition coefficient (Wildman–Crippen LogP) is 3.58. The van der Waals surface area contributed by atoms with Crippen LogP contribution in [0.4, 0.5) is 11.4 Å². The average molecular weight is 461 g/mol. The van der Waals surface area contributed by atoms with Crippen molar-refractivity contribution >= 4 is 58.7 Å². The topological polar surface area (TPSA) is 61.3 Å². The Hall–Kier alpha value is -0.916. The van der Waals surface area contributed by atoms with Crippen molar-refractivity contribution < 1.29 is 4.12 Å². The minimum atomic E-state index is -2.38. The lowest BCUT2D eigenvalue weighted by Crippen LogP contribution is -2.97. The molecule has 1 fully saturated rings. The smallest absolute Gasteiger partial charge is 0.225 e. The zero-order valence-electron chi connectivity index (χ0n) is 18.7. The van der Waals surface area contributed by atoms with E-state index in [-0.39, 0.29) is 0 Å². The number of hydrogen-bond acceptors (Lipinski definition) is 3. The second-order valence-corrected chi connectivity index (χ2v) is 59.2. The van der Waals surface area contributed by atoms with Gasteiger partial charge in [-0.2, -0.15) is 0 Å². The molecule has 1 heterocycles. The Morgan fingerprint density at radius 2 is 0.893 bits per heavy atom. The number of rotatable bonds is 2. The summed E-state index contributed by atoms with van der Waals surface area (Å²) in [5.41, 5.74) is 13.8. The van der Waals surface area contributed by atoms with E-state index in [1.54, 1.807) is 0 Å². The average Bonchev–Trinajstić information content (AvgIpc) is 2.59. The third-order valence-electron chi connectivity index (χ3n) is 8.55. The molecule has 2 aromatic carbocycles. The van der Waals surface area contributed by atoms with Gasteiger partial charge in [0.2, 0.25) is 7.83 Å². The molecular formula is C20H36N2OSi5. The quantitative estimate of drug-likeness (QED) is 0.532. The van der Waals surface area contributed by atoms with E-state index in [4.69, 9.17) is 15.6 Å². The van der Waals surface area contributed by atoms with Crippen LogP contribution in [-0.2, 0) is 4.12 Å². The van der Waals surface area contributed by atoms with Crippen LogP contribution >= 0.6 is 0 Å². The summed E-state index contributed by atoms with van der Waals surface area (Å²) in [6.07, 6.45) is 0. The Morgan fingerprint density at radius 3 is 1.25 bits per heavy atom. The molecule has 1 aliphatic rings. The lowest BCUT2D eigenvalue weighted by atomic mass is 10.3. The summed E-state index contributed by atoms with van der Waals surface area (Å²) in [6, 6.07) is 17.3. The van der Waals surface area contributed by atoms with Crippen molar-refractivity contribution in [2.24, 2.45) is 0 Å². The molecule has 3 nitrogen and oxygen atoms in total. The highest BCUT2D eigenvalue weighted by Gasteiger charge is 2.74. The second-order valence-electron chi connectivity index (χ2n) is 10.4. The molecule has 0 radical (unpaired) electrons. The van der Waals surface area contributed by atoms with Gasteiger partial charge < -0.3 is 15.6 Å². The molecule has 0 amide bonds. The highest BCUT2D eigenvalue weighted by atomic mass is 30.0. The van der Waals surface area contributed by atoms with Gasteiger partial charge in [-0.15, -0.1) is 0 Å². The molecule has 0 saturated carbocycles. The van der Waals surface area contributed by atoms with Gasteiger partial charge in [0.1, 0.15) is 0 Å². The Bertz CT molecular complexity index is 831. The van der Waals surface area contributed by atoms with Gasteiger partial charge in [-0.05, 0) is 47.7 Å². The number of anilines is 2. The molecule has 0 aromatic heterocycles. The Kier molecular flexibility index (Phi) is 5.09. The first-order valence-electron chi connectivity index (χ1n) is 10.1. The monoisotopic (exact) mass is 460 g/mol. The summed E-state index contributed by atoms with van der Waals surface area (Å²) in [6.45, 7) is 21.0. The lowest BCUT2D eigenvalue weighted by Gasteiger charge is -2.66. The molecule has 0 atom stereocenters. The molecule has 0 unspecified atom stereocenters. The molecular weight excluding hydrogens is 425 g/mol. The first-order chi connectivity index (χ1) is 12.7. The van der Waals surface area contributed by atoms with Gasteiger partial charge in [-0.3, -0.25) is 0 Å². The summed E-state index contributed by atoms with van der Waals surface area (Å²) in [5, 5.41) is 2.82. The molecule has 0 bridgehead atoms. The van der Waals surface area contributed by atoms with E-state index in [0.29, 0.717) is 0 Å². The van der Waals surface area contributed by atoms with Crippen LogP contribution in [0.1, 0.15) is 0 Å². The van der Waals surface area contributed by atoms with Gasteiger partial charge in [0.25, 0.3) is 0 Å². The molecule has 0 aliphatic carbocycles. The molecule has 3 rings (SSSR count). The van der Waals surface area contributed by atoms with E-state index in [9.17, 15) is 0 Å². The maximum absolute atomic E-state index is 7.63. The summed E-state index contributed by atoms with van der Waals surface area (Å²) in [4.78, 5) is 0. The largest absolute Gasteiger partial charge is 0.454 e. The highest BCUT2D eigenvalue weighted by molar-refractivity contribution is 7.95. The van der Waals surface area contributed by atoms with Gasteiger partial charge in [-0.25, -0.2) is 0 Å². The maximum Gasteiger partial charge on any atom is 0.225 e. The molecule has 152 valence electrons. The summed E-state index contributed by atoms with van der Waals surface area (Å²) in [5.74, 6) is 0. The van der Waals surface area contributed by atoms with Gasteiger partial charge >= 0.3 is 0 Å². The first kappa shape index (κ1) is 21.8. The fourth-order valence-corrected chi connectivity index (χ4v) is 118. The lowest BCUT2D eigenvalue weighted by molar-refractivity contribution is 0.594. The molecule has 2 aromatic rings. The third-order valence-corrected chi connectivity index (χ3v) is 97.4. The SMILES string of the molecule is C[Si]1(C)O[Si](c2ccc(N)cc2)(c2ccc(N)cc2)[Si](C)(C)[Si](C)(C)[Si]1(C)C. The van der Waals surface area contributed by atoms with Crippen molar-refractivity contribution in [1.82, 2.24) is 0 Å². The Morgan fingerprint density at radius 1 is 0.536 bits per heavy atom. The predicted molar refractivity (Wildman–Crippen MR) is 138 cm³/mol. The van der Waals surface area contributed by atoms with Crippen LogP contribution in [0.3, 0.4) is 0 Å². The minimum Gasteiger partial charge on any atom is -0.454 e. The van der Waals surface area contributed by atoms with Crippen LogP contribution in [0.2, 0.25) is 52.4 Å². The second kappa shape index (κ2) is 6.54. The number of nitrogens with two attached hydrogens (primary N) is 2. The van der Waals surface area contributed by atoms with Gasteiger partial charge in [0.05, 0.1) is 14.2 Å². The summed E-state index contributed by atoms with van der Waals surface area (Å²) < 4.78 is 7.63. The fraction of sp³-hybridized carbons (Fsp3) is 0.400. The molecule has 1 aliphatic heterocycles. The molecule has 1 saturated heterocycles. The standard InChI is InChI=1S/C20H36N2OSi5/c1-24(2)23-28(19-13-9-17(21)10-14-19,20-15-11-18(22)12-16-20)27(7,8)26(5,6)25(24,3)4/h9-16H,21-22H2,1-8H3. The van der Waals surface area contributed by atoms with E-state index in [1.165, 1.54) is 10.4 Å². The first-order valence-corrected chi connectivity index (χ1v) is 27.9. The van der Waals surface area contributed by atoms with Crippen LogP contribution < -0.4 is 21.8 Å². The summed E-state index contributed by atoms with van der Waals surface area (Å²) in [7, 11) is -8.94. The number of nitrogen functional groups attached to an aromatic ring is 2. The highest BCUT2D eigenvalue weighted by Crippen LogP contribution is 2.45. The summed E-state index contributed by atoms with van der Waals surface area (Å²) >= 11 is 0. The Balaban J connectivity index is 2.41. The van der Waals surface area contributed by atoms with Crippen LogP contribution in [0.25, 0.3) is 0 Å². The molecule has 28 heavy (non-hydrogen) atoms. The van der Waals surface area contributed by atoms with Crippen LogP contribution in [0.15, 0.2) is 48.5 Å². The zero-order valence-corrected chi connectivity index (χ0v) is 23.7. The van der Waals surface area contributed by atoms with E-state index in [1.807, 2.05) is 0 Å². The fourth-order valence-electron chi connectivity index (χ4n) is 5.05. The van der Waals surface area contributed by atoms with Gasteiger partial charge in [-0.1, -0.05) is 63.5 Å². The molecule has 4 N–H and O–H groups in total. The van der Waals surface area contributed by atoms with Crippen molar-refractivity contribution in [3.05, 3.63) is 48.5 Å². The number of hydrogen-bond donors (Lipinski definition) is 2. The maximum atomic E-state index is 7.63. The van der Waals surface area contributed by atoms with E-state index in [2.05, 4.69) is 101 Å². The van der Waals surface area contributed by atoms with Crippen LogP contribution in [0, 0.1) is 0 Å². The minimum absolute atomic E-state index is 0.822.